The smallest absolute Gasteiger partial charge is 0.165 e. The number of carbonyl (C=O) groups is 1. The molecule has 4 heteroatoms. The molecule has 1 atom stereocenters. The molecule has 0 saturated heterocycles. The van der Waals surface area contributed by atoms with Gasteiger partial charge in [0, 0.05) is 18.7 Å². The molecule has 1 heterocycles. The third-order valence-electron chi connectivity index (χ3n) is 4.56. The van der Waals surface area contributed by atoms with Crippen molar-refractivity contribution in [1.29, 1.82) is 0 Å². The number of fused-ring (bicyclic) bond motifs is 1. The second kappa shape index (κ2) is 7.12. The van der Waals surface area contributed by atoms with Crippen molar-refractivity contribution in [2.45, 2.75) is 52.5 Å². The molecule has 0 amide bonds. The largest absolute Gasteiger partial charge is 0.367 e. The highest BCUT2D eigenvalue weighted by molar-refractivity contribution is 5.98. The van der Waals surface area contributed by atoms with Crippen LogP contribution < -0.4 is 5.32 Å². The van der Waals surface area contributed by atoms with Gasteiger partial charge in [-0.15, -0.1) is 0 Å². The molecule has 0 bridgehead atoms. The van der Waals surface area contributed by atoms with Crippen LogP contribution in [0.1, 0.15) is 54.5 Å². The van der Waals surface area contributed by atoms with Gasteiger partial charge in [-0.25, -0.2) is 9.97 Å². The van der Waals surface area contributed by atoms with Gasteiger partial charge in [-0.05, 0) is 57.1 Å². The number of anilines is 1. The van der Waals surface area contributed by atoms with Crippen LogP contribution in [-0.2, 0) is 19.3 Å². The van der Waals surface area contributed by atoms with E-state index in [2.05, 4.69) is 39.6 Å². The van der Waals surface area contributed by atoms with E-state index in [0.717, 1.165) is 25.1 Å². The minimum Gasteiger partial charge on any atom is -0.367 e. The Morgan fingerprint density at radius 2 is 2.04 bits per heavy atom. The Kier molecular flexibility index (Phi) is 4.93. The van der Waals surface area contributed by atoms with Crippen LogP contribution in [0.25, 0.3) is 0 Å². The van der Waals surface area contributed by atoms with E-state index >= 15 is 0 Å². The summed E-state index contributed by atoms with van der Waals surface area (Å²) in [5, 5.41) is 3.28. The van der Waals surface area contributed by atoms with Crippen LogP contribution in [-0.4, -0.2) is 21.8 Å². The first kappa shape index (κ1) is 16.6. The van der Waals surface area contributed by atoms with Crippen molar-refractivity contribution in [2.24, 2.45) is 5.92 Å². The van der Waals surface area contributed by atoms with Crippen LogP contribution in [0, 0.1) is 5.92 Å². The van der Waals surface area contributed by atoms with E-state index in [1.165, 1.54) is 17.5 Å². The van der Waals surface area contributed by atoms with E-state index in [9.17, 15) is 4.79 Å². The number of rotatable bonds is 5. The van der Waals surface area contributed by atoms with Crippen molar-refractivity contribution in [3.05, 3.63) is 53.0 Å². The summed E-state index contributed by atoms with van der Waals surface area (Å²) in [7, 11) is 0. The fraction of sp³-hybridized carbons (Fsp3) is 0.450. The van der Waals surface area contributed by atoms with E-state index in [1.54, 1.807) is 13.1 Å². The van der Waals surface area contributed by atoms with Crippen molar-refractivity contribution in [3.63, 3.8) is 0 Å². The standard InChI is InChI=1S/C20H25N3O/c1-13(2)22-20-18(14(3)24)12-21-19(23-20)11-15-8-9-16-6-4-5-7-17(16)10-15/h4-7,12-13,15H,8-11H2,1-3H3,(H,21,22,23). The van der Waals surface area contributed by atoms with Crippen LogP contribution >= 0.6 is 0 Å². The molecule has 2 aromatic rings. The molecular formula is C20H25N3O. The summed E-state index contributed by atoms with van der Waals surface area (Å²) >= 11 is 0. The Morgan fingerprint density at radius 3 is 2.75 bits per heavy atom. The maximum Gasteiger partial charge on any atom is 0.165 e. The molecule has 1 unspecified atom stereocenters. The molecular weight excluding hydrogens is 298 g/mol. The van der Waals surface area contributed by atoms with Crippen molar-refractivity contribution in [2.75, 3.05) is 5.32 Å². The SMILES string of the molecule is CC(=O)c1cnc(CC2CCc3ccccc3C2)nc1NC(C)C. The van der Waals surface area contributed by atoms with Crippen molar-refractivity contribution in [1.82, 2.24) is 9.97 Å². The normalized spacial score (nSPS) is 16.8. The lowest BCUT2D eigenvalue weighted by Crippen LogP contribution is -2.19. The van der Waals surface area contributed by atoms with Gasteiger partial charge >= 0.3 is 0 Å². The molecule has 1 aromatic heterocycles. The van der Waals surface area contributed by atoms with E-state index in [1.807, 2.05) is 13.8 Å². The maximum atomic E-state index is 11.8. The molecule has 24 heavy (non-hydrogen) atoms. The summed E-state index contributed by atoms with van der Waals surface area (Å²) in [6.45, 7) is 5.65. The molecule has 3 rings (SSSR count). The summed E-state index contributed by atoms with van der Waals surface area (Å²) in [4.78, 5) is 20.9. The second-order valence-electron chi connectivity index (χ2n) is 6.99. The molecule has 4 nitrogen and oxygen atoms in total. The van der Waals surface area contributed by atoms with Crippen LogP contribution in [0.2, 0.25) is 0 Å². The third kappa shape index (κ3) is 3.81. The van der Waals surface area contributed by atoms with Gasteiger partial charge in [0.15, 0.2) is 5.78 Å². The van der Waals surface area contributed by atoms with Gasteiger partial charge < -0.3 is 5.32 Å². The topological polar surface area (TPSA) is 54.9 Å². The Labute approximate surface area is 143 Å². The van der Waals surface area contributed by atoms with E-state index in [4.69, 9.17) is 0 Å². The van der Waals surface area contributed by atoms with Crippen molar-refractivity contribution in [3.8, 4) is 0 Å². The molecule has 1 aromatic carbocycles. The summed E-state index contributed by atoms with van der Waals surface area (Å²) in [6.07, 6.45) is 5.91. The van der Waals surface area contributed by atoms with Crippen LogP contribution in [0.3, 0.4) is 0 Å². The molecule has 1 N–H and O–H groups in total. The summed E-state index contributed by atoms with van der Waals surface area (Å²) in [6, 6.07) is 8.92. The number of benzene rings is 1. The van der Waals surface area contributed by atoms with Crippen LogP contribution in [0.4, 0.5) is 5.82 Å². The van der Waals surface area contributed by atoms with Gasteiger partial charge in [-0.2, -0.15) is 0 Å². The maximum absolute atomic E-state index is 11.8. The number of aromatic nitrogens is 2. The van der Waals surface area contributed by atoms with Crippen LogP contribution in [0.5, 0.6) is 0 Å². The van der Waals surface area contributed by atoms with Gasteiger partial charge in [0.05, 0.1) is 5.56 Å². The Hall–Kier alpha value is -2.23. The fourth-order valence-corrected chi connectivity index (χ4v) is 3.36. The average molecular weight is 323 g/mol. The molecule has 126 valence electrons. The van der Waals surface area contributed by atoms with Gasteiger partial charge in [0.2, 0.25) is 0 Å². The number of aryl methyl sites for hydroxylation is 1. The zero-order chi connectivity index (χ0) is 17.1. The van der Waals surface area contributed by atoms with E-state index in [-0.39, 0.29) is 11.8 Å². The zero-order valence-electron chi connectivity index (χ0n) is 14.7. The van der Waals surface area contributed by atoms with E-state index < -0.39 is 0 Å². The molecule has 1 aliphatic rings. The van der Waals surface area contributed by atoms with Gasteiger partial charge in [0.25, 0.3) is 0 Å². The predicted octanol–water partition coefficient (Wildman–Crippen LogP) is 3.85. The Balaban J connectivity index is 1.77. The minimum absolute atomic E-state index is 0.00343. The third-order valence-corrected chi connectivity index (χ3v) is 4.56. The molecule has 0 saturated carbocycles. The summed E-state index contributed by atoms with van der Waals surface area (Å²) in [5.74, 6) is 2.05. The number of carbonyl (C=O) groups excluding carboxylic acids is 1. The van der Waals surface area contributed by atoms with Gasteiger partial charge in [-0.3, -0.25) is 4.79 Å². The second-order valence-corrected chi connectivity index (χ2v) is 6.99. The molecule has 0 aliphatic heterocycles. The number of hydrogen-bond acceptors (Lipinski definition) is 4. The Morgan fingerprint density at radius 1 is 1.29 bits per heavy atom. The van der Waals surface area contributed by atoms with Crippen molar-refractivity contribution >= 4 is 11.6 Å². The van der Waals surface area contributed by atoms with Crippen LogP contribution in [0.15, 0.2) is 30.5 Å². The number of Topliss-reactive ketones (excluding diaryl/α,β-unsaturated/α-hetero) is 1. The van der Waals surface area contributed by atoms with Gasteiger partial charge in [0.1, 0.15) is 11.6 Å². The monoisotopic (exact) mass is 323 g/mol. The highest BCUT2D eigenvalue weighted by Gasteiger charge is 2.20. The first-order valence-electron chi connectivity index (χ1n) is 8.73. The number of nitrogens with one attached hydrogen (secondary N) is 1. The zero-order valence-corrected chi connectivity index (χ0v) is 14.7. The molecule has 0 spiro atoms. The minimum atomic E-state index is -0.00343. The highest BCUT2D eigenvalue weighted by Crippen LogP contribution is 2.27. The molecule has 1 aliphatic carbocycles. The van der Waals surface area contributed by atoms with Gasteiger partial charge in [-0.1, -0.05) is 24.3 Å². The van der Waals surface area contributed by atoms with E-state index in [0.29, 0.717) is 17.3 Å². The lowest BCUT2D eigenvalue weighted by Gasteiger charge is -2.24. The fourth-order valence-electron chi connectivity index (χ4n) is 3.36. The lowest BCUT2D eigenvalue weighted by molar-refractivity contribution is 0.101. The number of nitrogens with zero attached hydrogens (tertiary/aromatic N) is 2. The quantitative estimate of drug-likeness (QED) is 0.849. The number of ketones is 1. The van der Waals surface area contributed by atoms with Crippen molar-refractivity contribution < 1.29 is 4.79 Å². The Bertz CT molecular complexity index is 739. The predicted molar refractivity (Wildman–Crippen MR) is 96.5 cm³/mol. The summed E-state index contributed by atoms with van der Waals surface area (Å²) < 4.78 is 0. The molecule has 0 fully saturated rings. The molecule has 0 radical (unpaired) electrons. The summed E-state index contributed by atoms with van der Waals surface area (Å²) in [5.41, 5.74) is 3.50. The average Bonchev–Trinajstić information content (AvgIpc) is 2.54. The highest BCUT2D eigenvalue weighted by atomic mass is 16.1. The number of hydrogen-bond donors (Lipinski definition) is 1. The first-order chi connectivity index (χ1) is 11.5. The first-order valence-corrected chi connectivity index (χ1v) is 8.73. The lowest BCUT2D eigenvalue weighted by atomic mass is 9.82.